The lowest BCUT2D eigenvalue weighted by atomic mass is 10.0. The number of hydrogen-bond donors (Lipinski definition) is 1. The molecule has 15 heavy (non-hydrogen) atoms. The molecule has 0 fully saturated rings. The van der Waals surface area contributed by atoms with Gasteiger partial charge in [0, 0.05) is 0 Å². The van der Waals surface area contributed by atoms with Crippen LogP contribution in [-0.2, 0) is 11.2 Å². The van der Waals surface area contributed by atoms with Gasteiger partial charge in [0.15, 0.2) is 0 Å². The van der Waals surface area contributed by atoms with Gasteiger partial charge < -0.3 is 5.11 Å². The molecule has 0 aliphatic rings. The molecule has 0 saturated heterocycles. The van der Waals surface area contributed by atoms with E-state index in [-0.39, 0.29) is 0 Å². The normalized spacial score (nSPS) is 12.8. The van der Waals surface area contributed by atoms with Crippen LogP contribution in [0.4, 0.5) is 0 Å². The number of carbonyl (C=O) groups is 1. The molecule has 0 aliphatic heterocycles. The fourth-order valence-electron chi connectivity index (χ4n) is 1.44. The Morgan fingerprint density at radius 2 is 1.87 bits per heavy atom. The van der Waals surface area contributed by atoms with E-state index >= 15 is 0 Å². The number of nitrogens with zero attached hydrogens (tertiary/aromatic N) is 1. The molecule has 1 atom stereocenters. The van der Waals surface area contributed by atoms with Crippen molar-refractivity contribution < 1.29 is 9.90 Å². The van der Waals surface area contributed by atoms with Crippen LogP contribution in [0.1, 0.15) is 11.1 Å². The van der Waals surface area contributed by atoms with Crippen LogP contribution in [0, 0.1) is 6.92 Å². The third kappa shape index (κ3) is 3.36. The standard InChI is InChI=1S/C12H17NO2/c1-9-4-6-10(7-5-9)8-11(12(14)15)13(2)3/h4-7,11H,8H2,1-3H3,(H,14,15). The summed E-state index contributed by atoms with van der Waals surface area (Å²) in [5.41, 5.74) is 2.25. The van der Waals surface area contributed by atoms with Crippen LogP contribution in [-0.4, -0.2) is 36.1 Å². The van der Waals surface area contributed by atoms with Gasteiger partial charge >= 0.3 is 5.97 Å². The highest BCUT2D eigenvalue weighted by molar-refractivity contribution is 5.73. The average Bonchev–Trinajstić information content (AvgIpc) is 2.15. The Hall–Kier alpha value is -1.35. The average molecular weight is 207 g/mol. The molecule has 3 nitrogen and oxygen atoms in total. The summed E-state index contributed by atoms with van der Waals surface area (Å²) in [6.07, 6.45) is 0.544. The highest BCUT2D eigenvalue weighted by Crippen LogP contribution is 2.08. The molecule has 1 aromatic carbocycles. The SMILES string of the molecule is Cc1ccc(CC(C(=O)O)N(C)C)cc1. The number of aryl methyl sites for hydroxylation is 1. The van der Waals surface area contributed by atoms with Crippen LogP contribution in [0.15, 0.2) is 24.3 Å². The third-order valence-electron chi connectivity index (χ3n) is 2.46. The summed E-state index contributed by atoms with van der Waals surface area (Å²) in [7, 11) is 3.57. The lowest BCUT2D eigenvalue weighted by molar-refractivity contribution is -0.142. The van der Waals surface area contributed by atoms with Gasteiger partial charge in [0.1, 0.15) is 6.04 Å². The molecule has 0 amide bonds. The van der Waals surface area contributed by atoms with E-state index in [4.69, 9.17) is 5.11 Å². The van der Waals surface area contributed by atoms with Gasteiger partial charge in [0.05, 0.1) is 0 Å². The second-order valence-electron chi connectivity index (χ2n) is 4.01. The number of rotatable bonds is 4. The van der Waals surface area contributed by atoms with Crippen LogP contribution in [0.5, 0.6) is 0 Å². The predicted molar refractivity (Wildman–Crippen MR) is 60.0 cm³/mol. The molecule has 0 saturated carbocycles. The van der Waals surface area contributed by atoms with Gasteiger partial charge in [-0.25, -0.2) is 0 Å². The van der Waals surface area contributed by atoms with E-state index in [1.807, 2.05) is 31.2 Å². The minimum atomic E-state index is -0.777. The maximum Gasteiger partial charge on any atom is 0.321 e. The van der Waals surface area contributed by atoms with Crippen molar-refractivity contribution in [2.75, 3.05) is 14.1 Å². The molecule has 0 radical (unpaired) electrons. The zero-order valence-electron chi connectivity index (χ0n) is 9.40. The van der Waals surface area contributed by atoms with E-state index in [2.05, 4.69) is 0 Å². The van der Waals surface area contributed by atoms with E-state index in [1.165, 1.54) is 5.56 Å². The smallest absolute Gasteiger partial charge is 0.321 e. The Morgan fingerprint density at radius 3 is 2.27 bits per heavy atom. The van der Waals surface area contributed by atoms with Crippen molar-refractivity contribution in [3.63, 3.8) is 0 Å². The van der Waals surface area contributed by atoms with Crippen molar-refractivity contribution in [2.24, 2.45) is 0 Å². The first-order valence-corrected chi connectivity index (χ1v) is 4.95. The van der Waals surface area contributed by atoms with Crippen LogP contribution >= 0.6 is 0 Å². The summed E-state index contributed by atoms with van der Waals surface area (Å²) in [5.74, 6) is -0.777. The lowest BCUT2D eigenvalue weighted by Gasteiger charge is -2.19. The summed E-state index contributed by atoms with van der Waals surface area (Å²) in [4.78, 5) is 12.7. The maximum atomic E-state index is 11.0. The van der Waals surface area contributed by atoms with Gasteiger partial charge in [-0.15, -0.1) is 0 Å². The van der Waals surface area contributed by atoms with E-state index in [1.54, 1.807) is 19.0 Å². The molecule has 1 rings (SSSR count). The summed E-state index contributed by atoms with van der Waals surface area (Å²) < 4.78 is 0. The number of aliphatic carboxylic acids is 1. The first-order chi connectivity index (χ1) is 7.00. The number of likely N-dealkylation sites (N-methyl/N-ethyl adjacent to an activating group) is 1. The quantitative estimate of drug-likeness (QED) is 0.814. The van der Waals surface area contributed by atoms with Gasteiger partial charge in [0.2, 0.25) is 0 Å². The summed E-state index contributed by atoms with van der Waals surface area (Å²) in [6, 6.07) is 7.52. The molecule has 82 valence electrons. The highest BCUT2D eigenvalue weighted by Gasteiger charge is 2.19. The summed E-state index contributed by atoms with van der Waals surface area (Å²) in [6.45, 7) is 2.02. The Labute approximate surface area is 90.3 Å². The van der Waals surface area contributed by atoms with E-state index in [9.17, 15) is 4.79 Å². The fraction of sp³-hybridized carbons (Fsp3) is 0.417. The van der Waals surface area contributed by atoms with Crippen molar-refractivity contribution in [3.8, 4) is 0 Å². The van der Waals surface area contributed by atoms with Crippen molar-refractivity contribution in [1.29, 1.82) is 0 Å². The van der Waals surface area contributed by atoms with Crippen molar-refractivity contribution in [1.82, 2.24) is 4.90 Å². The zero-order chi connectivity index (χ0) is 11.4. The first-order valence-electron chi connectivity index (χ1n) is 4.95. The van der Waals surface area contributed by atoms with E-state index in [0.717, 1.165) is 5.56 Å². The van der Waals surface area contributed by atoms with Crippen molar-refractivity contribution >= 4 is 5.97 Å². The van der Waals surface area contributed by atoms with Gasteiger partial charge in [-0.05, 0) is 33.0 Å². The molecule has 0 aliphatic carbocycles. The predicted octanol–water partition coefficient (Wildman–Crippen LogP) is 1.55. The fourth-order valence-corrected chi connectivity index (χ4v) is 1.44. The largest absolute Gasteiger partial charge is 0.480 e. The number of carboxylic acid groups (broad SMARTS) is 1. The molecule has 0 spiro atoms. The molecule has 3 heteroatoms. The monoisotopic (exact) mass is 207 g/mol. The number of hydrogen-bond acceptors (Lipinski definition) is 2. The second-order valence-corrected chi connectivity index (χ2v) is 4.01. The number of benzene rings is 1. The van der Waals surface area contributed by atoms with Crippen LogP contribution in [0.2, 0.25) is 0 Å². The molecule has 0 bridgehead atoms. The maximum absolute atomic E-state index is 11.0. The minimum Gasteiger partial charge on any atom is -0.480 e. The highest BCUT2D eigenvalue weighted by atomic mass is 16.4. The molecule has 0 heterocycles. The third-order valence-corrected chi connectivity index (χ3v) is 2.46. The Morgan fingerprint density at radius 1 is 1.33 bits per heavy atom. The molecule has 1 aromatic rings. The van der Waals surface area contributed by atoms with E-state index < -0.39 is 12.0 Å². The Balaban J connectivity index is 2.74. The number of carboxylic acids is 1. The van der Waals surface area contributed by atoms with Crippen LogP contribution < -0.4 is 0 Å². The summed E-state index contributed by atoms with van der Waals surface area (Å²) in [5, 5.41) is 9.02. The zero-order valence-corrected chi connectivity index (χ0v) is 9.40. The van der Waals surface area contributed by atoms with Crippen LogP contribution in [0.3, 0.4) is 0 Å². The topological polar surface area (TPSA) is 40.5 Å². The Kier molecular flexibility index (Phi) is 3.86. The molecule has 1 N–H and O–H groups in total. The van der Waals surface area contributed by atoms with Gasteiger partial charge in [-0.2, -0.15) is 0 Å². The lowest BCUT2D eigenvalue weighted by Crippen LogP contribution is -2.37. The van der Waals surface area contributed by atoms with Crippen LogP contribution in [0.25, 0.3) is 0 Å². The van der Waals surface area contributed by atoms with Crippen molar-refractivity contribution in [2.45, 2.75) is 19.4 Å². The molecular formula is C12H17NO2. The van der Waals surface area contributed by atoms with E-state index in [0.29, 0.717) is 6.42 Å². The summed E-state index contributed by atoms with van der Waals surface area (Å²) >= 11 is 0. The molecule has 0 aromatic heterocycles. The first kappa shape index (κ1) is 11.7. The molecular weight excluding hydrogens is 190 g/mol. The van der Waals surface area contributed by atoms with Gasteiger partial charge in [0.25, 0.3) is 0 Å². The minimum absolute atomic E-state index is 0.451. The van der Waals surface area contributed by atoms with Gasteiger partial charge in [-0.1, -0.05) is 29.8 Å². The van der Waals surface area contributed by atoms with Gasteiger partial charge in [-0.3, -0.25) is 9.69 Å². The Bertz CT molecular complexity index is 330. The second kappa shape index (κ2) is 4.94. The van der Waals surface area contributed by atoms with Crippen molar-refractivity contribution in [3.05, 3.63) is 35.4 Å². The molecule has 1 unspecified atom stereocenters.